The maximum atomic E-state index is 11.6. The molecule has 3 N–H and O–H groups in total. The van der Waals surface area contributed by atoms with Crippen LogP contribution in [-0.4, -0.2) is 41.0 Å². The number of H-pyrrole nitrogens is 2. The average molecular weight is 461 g/mol. The molecule has 0 unspecified atom stereocenters. The Hall–Kier alpha value is -4.92. The molecule has 0 aliphatic rings. The van der Waals surface area contributed by atoms with Gasteiger partial charge in [0, 0.05) is 47.9 Å². The predicted molar refractivity (Wildman–Crippen MR) is 134 cm³/mol. The summed E-state index contributed by atoms with van der Waals surface area (Å²) in [7, 11) is 0. The van der Waals surface area contributed by atoms with Crippen LogP contribution in [0.25, 0.3) is 55.8 Å². The highest BCUT2D eigenvalue weighted by molar-refractivity contribution is 5.97. The molecule has 0 spiro atoms. The van der Waals surface area contributed by atoms with E-state index in [0.29, 0.717) is 23.7 Å². The minimum Gasteiger partial charge on any atom is -0.337 e. The zero-order valence-corrected chi connectivity index (χ0v) is 18.8. The van der Waals surface area contributed by atoms with Crippen molar-refractivity contribution in [2.75, 3.05) is 5.32 Å². The van der Waals surface area contributed by atoms with Crippen LogP contribution in [0, 0.1) is 0 Å². The van der Waals surface area contributed by atoms with Crippen molar-refractivity contribution in [2.45, 2.75) is 13.3 Å². The van der Waals surface area contributed by atoms with Gasteiger partial charge in [-0.1, -0.05) is 19.1 Å². The number of nitrogens with zero attached hydrogens (tertiary/aromatic N) is 5. The maximum absolute atomic E-state index is 11.6. The van der Waals surface area contributed by atoms with Crippen LogP contribution in [-0.2, 0) is 4.79 Å². The molecule has 0 saturated heterocycles. The molecule has 0 radical (unpaired) electrons. The minimum absolute atomic E-state index is 0.0747. The van der Waals surface area contributed by atoms with Crippen molar-refractivity contribution in [2.24, 2.45) is 0 Å². The first-order chi connectivity index (χ1) is 17.2. The van der Waals surface area contributed by atoms with Crippen molar-refractivity contribution in [3.05, 3.63) is 73.3 Å². The molecule has 0 fully saturated rings. The predicted octanol–water partition coefficient (Wildman–Crippen LogP) is 4.97. The van der Waals surface area contributed by atoms with E-state index in [4.69, 9.17) is 4.98 Å². The van der Waals surface area contributed by atoms with Gasteiger partial charge in [0.15, 0.2) is 11.5 Å². The Morgan fingerprint density at radius 1 is 0.971 bits per heavy atom. The summed E-state index contributed by atoms with van der Waals surface area (Å²) in [5, 5.41) is 11.1. The number of benzene rings is 1. The van der Waals surface area contributed by atoms with E-state index in [1.165, 1.54) is 0 Å². The van der Waals surface area contributed by atoms with E-state index < -0.39 is 0 Å². The quantitative estimate of drug-likeness (QED) is 0.333. The van der Waals surface area contributed by atoms with Gasteiger partial charge in [0.1, 0.15) is 11.5 Å². The van der Waals surface area contributed by atoms with Crippen molar-refractivity contribution in [3.8, 4) is 33.8 Å². The monoisotopic (exact) mass is 460 g/mol. The normalized spacial score (nSPS) is 11.2. The average Bonchev–Trinajstić information content (AvgIpc) is 3.53. The van der Waals surface area contributed by atoms with Crippen LogP contribution in [0.4, 0.5) is 5.82 Å². The Balaban J connectivity index is 1.40. The highest BCUT2D eigenvalue weighted by atomic mass is 16.1. The second kappa shape index (κ2) is 8.45. The van der Waals surface area contributed by atoms with Gasteiger partial charge in [-0.15, -0.1) is 0 Å². The lowest BCUT2D eigenvalue weighted by Gasteiger charge is -2.05. The number of carbonyl (C=O) groups is 1. The van der Waals surface area contributed by atoms with Gasteiger partial charge in [-0.2, -0.15) is 5.10 Å². The number of amides is 1. The van der Waals surface area contributed by atoms with E-state index >= 15 is 0 Å². The van der Waals surface area contributed by atoms with Gasteiger partial charge < -0.3 is 10.3 Å². The zero-order valence-electron chi connectivity index (χ0n) is 18.8. The van der Waals surface area contributed by atoms with Crippen molar-refractivity contribution >= 4 is 33.8 Å². The van der Waals surface area contributed by atoms with E-state index in [9.17, 15) is 4.79 Å². The van der Waals surface area contributed by atoms with Gasteiger partial charge in [-0.25, -0.2) is 15.0 Å². The number of anilines is 1. The van der Waals surface area contributed by atoms with Gasteiger partial charge in [-0.05, 0) is 42.0 Å². The van der Waals surface area contributed by atoms with Crippen LogP contribution in [0.2, 0.25) is 0 Å². The SMILES string of the molecule is CCC(=O)Nc1ccc(-c2cnc3n[nH]c(-c4nc5c(-c6ccncc6)cccc5[nH]4)c3c2)cn1. The first kappa shape index (κ1) is 20.7. The third-order valence-corrected chi connectivity index (χ3v) is 5.84. The molecule has 5 aromatic heterocycles. The molecular weight excluding hydrogens is 440 g/mol. The number of imidazole rings is 1. The van der Waals surface area contributed by atoms with Crippen LogP contribution >= 0.6 is 0 Å². The van der Waals surface area contributed by atoms with Crippen LogP contribution in [0.3, 0.4) is 0 Å². The zero-order chi connectivity index (χ0) is 23.8. The van der Waals surface area contributed by atoms with Gasteiger partial charge in [0.2, 0.25) is 5.91 Å². The molecule has 0 atom stereocenters. The smallest absolute Gasteiger partial charge is 0.225 e. The summed E-state index contributed by atoms with van der Waals surface area (Å²) in [5.41, 5.74) is 6.98. The van der Waals surface area contributed by atoms with E-state index in [2.05, 4.69) is 35.5 Å². The fourth-order valence-corrected chi connectivity index (χ4v) is 4.02. The minimum atomic E-state index is -0.0747. The molecule has 1 aromatic carbocycles. The van der Waals surface area contributed by atoms with Crippen molar-refractivity contribution in [3.63, 3.8) is 0 Å². The third-order valence-electron chi connectivity index (χ3n) is 5.84. The number of fused-ring (bicyclic) bond motifs is 2. The summed E-state index contributed by atoms with van der Waals surface area (Å²) in [4.78, 5) is 32.9. The summed E-state index contributed by atoms with van der Waals surface area (Å²) in [6.45, 7) is 1.80. The number of rotatable bonds is 5. The molecule has 0 saturated carbocycles. The number of nitrogens with one attached hydrogen (secondary N) is 3. The van der Waals surface area contributed by atoms with Gasteiger partial charge in [0.05, 0.1) is 16.4 Å². The molecule has 170 valence electrons. The number of para-hydroxylation sites is 1. The number of hydrogen-bond acceptors (Lipinski definition) is 6. The number of hydrogen-bond donors (Lipinski definition) is 3. The number of carbonyl (C=O) groups excluding carboxylic acids is 1. The summed E-state index contributed by atoms with van der Waals surface area (Å²) >= 11 is 0. The Kier molecular flexibility index (Phi) is 4.99. The molecule has 9 heteroatoms. The van der Waals surface area contributed by atoms with Crippen LogP contribution in [0.15, 0.2) is 73.3 Å². The Morgan fingerprint density at radius 3 is 2.63 bits per heavy atom. The van der Waals surface area contributed by atoms with Gasteiger partial charge >= 0.3 is 0 Å². The second-order valence-electron chi connectivity index (χ2n) is 8.05. The fourth-order valence-electron chi connectivity index (χ4n) is 4.02. The van der Waals surface area contributed by atoms with E-state index in [1.807, 2.05) is 42.5 Å². The summed E-state index contributed by atoms with van der Waals surface area (Å²) in [5.74, 6) is 1.12. The van der Waals surface area contributed by atoms with E-state index in [1.54, 1.807) is 37.8 Å². The standard InChI is InChI=1S/C26H20N8O/c1-2-22(35)31-21-7-6-16(13-28-21)17-12-19-24(33-34-25(19)29-14-17)26-30-20-5-3-4-18(23(20)32-26)15-8-10-27-11-9-15/h3-14H,2H2,1H3,(H,30,32)(H,28,31,35)(H,29,33,34). The molecule has 9 nitrogen and oxygen atoms in total. The molecule has 0 aliphatic heterocycles. The van der Waals surface area contributed by atoms with Crippen molar-refractivity contribution in [1.82, 2.24) is 35.1 Å². The fraction of sp³-hybridized carbons (Fsp3) is 0.0769. The lowest BCUT2D eigenvalue weighted by atomic mass is 10.1. The highest BCUT2D eigenvalue weighted by Crippen LogP contribution is 2.32. The molecule has 0 aliphatic carbocycles. The Bertz CT molecular complexity index is 1670. The molecule has 5 heterocycles. The van der Waals surface area contributed by atoms with E-state index in [-0.39, 0.29) is 5.91 Å². The number of aromatic amines is 2. The summed E-state index contributed by atoms with van der Waals surface area (Å²) < 4.78 is 0. The largest absolute Gasteiger partial charge is 0.337 e. The molecule has 1 amide bonds. The lowest BCUT2D eigenvalue weighted by Crippen LogP contribution is -2.10. The molecule has 6 rings (SSSR count). The topological polar surface area (TPSA) is 125 Å². The van der Waals surface area contributed by atoms with Crippen LogP contribution in [0.5, 0.6) is 0 Å². The Morgan fingerprint density at radius 2 is 1.83 bits per heavy atom. The molecule has 0 bridgehead atoms. The summed E-state index contributed by atoms with van der Waals surface area (Å²) in [6.07, 6.45) is 7.43. The van der Waals surface area contributed by atoms with Crippen LogP contribution in [0.1, 0.15) is 13.3 Å². The first-order valence-electron chi connectivity index (χ1n) is 11.2. The maximum Gasteiger partial charge on any atom is 0.225 e. The summed E-state index contributed by atoms with van der Waals surface area (Å²) in [6, 6.07) is 15.7. The second-order valence-corrected chi connectivity index (χ2v) is 8.05. The lowest BCUT2D eigenvalue weighted by molar-refractivity contribution is -0.115. The highest BCUT2D eigenvalue weighted by Gasteiger charge is 2.16. The molecule has 35 heavy (non-hydrogen) atoms. The first-order valence-corrected chi connectivity index (χ1v) is 11.2. The van der Waals surface area contributed by atoms with Crippen molar-refractivity contribution in [1.29, 1.82) is 0 Å². The van der Waals surface area contributed by atoms with Gasteiger partial charge in [-0.3, -0.25) is 14.9 Å². The molecular formula is C26H20N8O. The third kappa shape index (κ3) is 3.78. The van der Waals surface area contributed by atoms with Crippen LogP contribution < -0.4 is 5.32 Å². The number of pyridine rings is 3. The van der Waals surface area contributed by atoms with E-state index in [0.717, 1.165) is 44.4 Å². The number of aromatic nitrogens is 7. The van der Waals surface area contributed by atoms with Crippen molar-refractivity contribution < 1.29 is 4.79 Å². The van der Waals surface area contributed by atoms with Gasteiger partial charge in [0.25, 0.3) is 0 Å². The molecule has 6 aromatic rings. The Labute approximate surface area is 199 Å².